The van der Waals surface area contributed by atoms with E-state index in [4.69, 9.17) is 0 Å². The number of rotatable bonds is 9. The third kappa shape index (κ3) is 13.0. The van der Waals surface area contributed by atoms with Crippen molar-refractivity contribution in [1.29, 1.82) is 0 Å². The van der Waals surface area contributed by atoms with Crippen LogP contribution in [0.25, 0.3) is 0 Å². The number of aliphatic imine (C=N–C) groups is 1. The summed E-state index contributed by atoms with van der Waals surface area (Å²) in [5.74, 6) is 0.415. The van der Waals surface area contributed by atoms with Crippen LogP contribution >= 0.6 is 24.0 Å². The topological polar surface area (TPSA) is 92.7 Å². The van der Waals surface area contributed by atoms with Crippen molar-refractivity contribution in [2.75, 3.05) is 25.2 Å². The van der Waals surface area contributed by atoms with Crippen LogP contribution < -0.4 is 15.4 Å². The summed E-state index contributed by atoms with van der Waals surface area (Å²) in [4.78, 5) is 8.10. The lowest BCUT2D eigenvalue weighted by Gasteiger charge is -2.17. The Morgan fingerprint density at radius 2 is 2.07 bits per heavy atom. The van der Waals surface area contributed by atoms with Gasteiger partial charge in [-0.3, -0.25) is 0 Å². The maximum Gasteiger partial charge on any atom is 0.422 e. The van der Waals surface area contributed by atoms with E-state index in [9.17, 15) is 21.6 Å². The second kappa shape index (κ2) is 12.3. The number of hydrogen-bond donors (Lipinski definition) is 2. The van der Waals surface area contributed by atoms with E-state index in [-0.39, 0.29) is 48.2 Å². The number of hydrogen-bond acceptors (Lipinski definition) is 5. The lowest BCUT2D eigenvalue weighted by Crippen LogP contribution is -2.42. The maximum absolute atomic E-state index is 12.2. The molecule has 2 N–H and O–H groups in total. The van der Waals surface area contributed by atoms with Gasteiger partial charge in [-0.1, -0.05) is 0 Å². The second-order valence-corrected chi connectivity index (χ2v) is 8.33. The van der Waals surface area contributed by atoms with Crippen LogP contribution in [0, 0.1) is 0 Å². The Morgan fingerprint density at radius 3 is 2.64 bits per heavy atom. The summed E-state index contributed by atoms with van der Waals surface area (Å²) in [6.07, 6.45) is -1.47. The molecule has 7 nitrogen and oxygen atoms in total. The van der Waals surface area contributed by atoms with Crippen LogP contribution in [0.3, 0.4) is 0 Å². The first-order valence-electron chi connectivity index (χ1n) is 8.35. The molecule has 1 atom stereocenters. The minimum Gasteiger partial charge on any atom is -0.468 e. The molecule has 0 aliphatic carbocycles. The highest BCUT2D eigenvalue weighted by Gasteiger charge is 2.28. The molecule has 0 saturated heterocycles. The standard InChI is InChI=1S/C16H25F3N4O3S.HI/c1-4-20-15(23-12(2)6-8-27(3,24)25)22-10-13-5-7-21-14(9-13)26-11-16(17,18)19;/h5,7,9,12H,4,6,8,10-11H2,1-3H3,(H2,20,22,23);1H. The molecule has 0 aromatic carbocycles. The van der Waals surface area contributed by atoms with E-state index in [2.05, 4.69) is 25.3 Å². The third-order valence-corrected chi connectivity index (χ3v) is 4.23. The first-order valence-corrected chi connectivity index (χ1v) is 10.4. The Labute approximate surface area is 180 Å². The van der Waals surface area contributed by atoms with Gasteiger partial charge in [0.15, 0.2) is 12.6 Å². The molecule has 1 heterocycles. The Balaban J connectivity index is 0.00000729. The van der Waals surface area contributed by atoms with Crippen molar-refractivity contribution in [2.45, 2.75) is 39.0 Å². The molecule has 0 saturated carbocycles. The van der Waals surface area contributed by atoms with Gasteiger partial charge in [0.1, 0.15) is 9.84 Å². The van der Waals surface area contributed by atoms with Crippen molar-refractivity contribution in [3.05, 3.63) is 23.9 Å². The van der Waals surface area contributed by atoms with Crippen molar-refractivity contribution in [2.24, 2.45) is 4.99 Å². The summed E-state index contributed by atoms with van der Waals surface area (Å²) in [5, 5.41) is 6.13. The number of sulfone groups is 1. The van der Waals surface area contributed by atoms with Crippen LogP contribution in [-0.2, 0) is 16.4 Å². The van der Waals surface area contributed by atoms with Gasteiger partial charge in [0.2, 0.25) is 5.88 Å². The van der Waals surface area contributed by atoms with Gasteiger partial charge in [0.25, 0.3) is 0 Å². The predicted octanol–water partition coefficient (Wildman–Crippen LogP) is 2.52. The average molecular weight is 538 g/mol. The van der Waals surface area contributed by atoms with Gasteiger partial charge < -0.3 is 15.4 Å². The highest BCUT2D eigenvalue weighted by atomic mass is 127. The first kappa shape index (κ1) is 26.7. The van der Waals surface area contributed by atoms with Crippen molar-refractivity contribution in [1.82, 2.24) is 15.6 Å². The van der Waals surface area contributed by atoms with Crippen LogP contribution in [0.4, 0.5) is 13.2 Å². The Bertz CT molecular complexity index is 730. The van der Waals surface area contributed by atoms with E-state index in [0.29, 0.717) is 24.5 Å². The number of ether oxygens (including phenoxy) is 1. The minimum atomic E-state index is -4.43. The third-order valence-electron chi connectivity index (χ3n) is 3.25. The van der Waals surface area contributed by atoms with Crippen LogP contribution in [0.5, 0.6) is 5.88 Å². The van der Waals surface area contributed by atoms with E-state index >= 15 is 0 Å². The lowest BCUT2D eigenvalue weighted by atomic mass is 10.2. The lowest BCUT2D eigenvalue weighted by molar-refractivity contribution is -0.154. The first-order chi connectivity index (χ1) is 12.5. The molecule has 0 spiro atoms. The zero-order valence-electron chi connectivity index (χ0n) is 15.9. The fourth-order valence-corrected chi connectivity index (χ4v) is 2.75. The smallest absolute Gasteiger partial charge is 0.422 e. The number of guanidine groups is 1. The summed E-state index contributed by atoms with van der Waals surface area (Å²) >= 11 is 0. The number of nitrogens with one attached hydrogen (secondary N) is 2. The van der Waals surface area contributed by atoms with Crippen molar-refractivity contribution < 1.29 is 26.3 Å². The minimum absolute atomic E-state index is 0. The largest absolute Gasteiger partial charge is 0.468 e. The molecule has 12 heteroatoms. The Kier molecular flexibility index (Phi) is 11.7. The van der Waals surface area contributed by atoms with Crippen LogP contribution in [0.15, 0.2) is 23.3 Å². The van der Waals surface area contributed by atoms with E-state index in [0.717, 1.165) is 0 Å². The molecule has 1 aromatic heterocycles. The van der Waals surface area contributed by atoms with Gasteiger partial charge in [-0.2, -0.15) is 13.2 Å². The summed E-state index contributed by atoms with van der Waals surface area (Å²) in [6.45, 7) is 3.11. The van der Waals surface area contributed by atoms with Gasteiger partial charge >= 0.3 is 6.18 Å². The Hall–Kier alpha value is -1.31. The number of halogens is 4. The highest BCUT2D eigenvalue weighted by Crippen LogP contribution is 2.17. The summed E-state index contributed by atoms with van der Waals surface area (Å²) in [6, 6.07) is 2.90. The molecule has 0 amide bonds. The monoisotopic (exact) mass is 538 g/mol. The summed E-state index contributed by atoms with van der Waals surface area (Å²) < 4.78 is 63.7. The quantitative estimate of drug-likeness (QED) is 0.285. The second-order valence-electron chi connectivity index (χ2n) is 6.07. The molecule has 0 radical (unpaired) electrons. The zero-order chi connectivity index (χ0) is 20.5. The van der Waals surface area contributed by atoms with Gasteiger partial charge in [0.05, 0.1) is 12.3 Å². The van der Waals surface area contributed by atoms with Crippen LogP contribution in [-0.4, -0.2) is 56.7 Å². The molecule has 0 aliphatic heterocycles. The van der Waals surface area contributed by atoms with E-state index in [1.807, 2.05) is 13.8 Å². The molecule has 0 aliphatic rings. The number of alkyl halides is 3. The van der Waals surface area contributed by atoms with Crippen molar-refractivity contribution in [3.8, 4) is 5.88 Å². The fraction of sp³-hybridized carbons (Fsp3) is 0.625. The number of aromatic nitrogens is 1. The normalized spacial score (nSPS) is 13.4. The molecular weight excluding hydrogens is 512 g/mol. The SMILES string of the molecule is CCNC(=NCc1ccnc(OCC(F)(F)F)c1)NC(C)CCS(C)(=O)=O.I. The fourth-order valence-electron chi connectivity index (χ4n) is 1.97. The van der Waals surface area contributed by atoms with Gasteiger partial charge in [-0.25, -0.2) is 18.4 Å². The van der Waals surface area contributed by atoms with Crippen LogP contribution in [0.1, 0.15) is 25.8 Å². The molecule has 162 valence electrons. The molecule has 0 bridgehead atoms. The van der Waals surface area contributed by atoms with E-state index in [1.165, 1.54) is 18.5 Å². The van der Waals surface area contributed by atoms with E-state index < -0.39 is 22.6 Å². The molecule has 1 aromatic rings. The zero-order valence-corrected chi connectivity index (χ0v) is 19.1. The van der Waals surface area contributed by atoms with Gasteiger partial charge in [-0.15, -0.1) is 24.0 Å². The van der Waals surface area contributed by atoms with Crippen LogP contribution in [0.2, 0.25) is 0 Å². The average Bonchev–Trinajstić information content (AvgIpc) is 2.55. The summed E-state index contributed by atoms with van der Waals surface area (Å²) in [5.41, 5.74) is 0.628. The van der Waals surface area contributed by atoms with Gasteiger partial charge in [-0.05, 0) is 31.9 Å². The van der Waals surface area contributed by atoms with E-state index in [1.54, 1.807) is 6.07 Å². The predicted molar refractivity (Wildman–Crippen MR) is 113 cm³/mol. The maximum atomic E-state index is 12.2. The van der Waals surface area contributed by atoms with Gasteiger partial charge in [0, 0.05) is 31.1 Å². The molecule has 1 unspecified atom stereocenters. The highest BCUT2D eigenvalue weighted by molar-refractivity contribution is 14.0. The van der Waals surface area contributed by atoms with Crippen molar-refractivity contribution >= 4 is 39.8 Å². The molecular formula is C16H26F3IN4O3S. The summed E-state index contributed by atoms with van der Waals surface area (Å²) in [7, 11) is -3.04. The molecule has 0 fully saturated rings. The molecule has 1 rings (SSSR count). The number of nitrogens with zero attached hydrogens (tertiary/aromatic N) is 2. The molecule has 28 heavy (non-hydrogen) atoms. The number of pyridine rings is 1. The van der Waals surface area contributed by atoms with Crippen molar-refractivity contribution in [3.63, 3.8) is 0 Å². The Morgan fingerprint density at radius 1 is 1.39 bits per heavy atom.